The molecule has 1 atom stereocenters. The molecule has 1 aliphatic rings. The Bertz CT molecular complexity index is 292. The number of hydrogen-bond donors (Lipinski definition) is 1. The van der Waals surface area contributed by atoms with Gasteiger partial charge in [0.15, 0.2) is 0 Å². The smallest absolute Gasteiger partial charge is 0.237 e. The minimum atomic E-state index is 0.140. The first-order valence-corrected chi connectivity index (χ1v) is 6.85. The highest BCUT2D eigenvalue weighted by Crippen LogP contribution is 2.16. The highest BCUT2D eigenvalue weighted by molar-refractivity contribution is 5.78. The second-order valence-electron chi connectivity index (χ2n) is 5.17. The van der Waals surface area contributed by atoms with Crippen LogP contribution in [-0.2, 0) is 4.79 Å². The number of carbonyl (C=O) groups excluding carboxylic acids is 1. The Morgan fingerprint density at radius 2 is 2.22 bits per heavy atom. The Morgan fingerprint density at radius 1 is 1.50 bits per heavy atom. The third-order valence-corrected chi connectivity index (χ3v) is 3.49. The molecule has 0 radical (unpaired) electrons. The summed E-state index contributed by atoms with van der Waals surface area (Å²) in [6.45, 7) is 10.6. The van der Waals surface area contributed by atoms with Gasteiger partial charge in [-0.05, 0) is 33.2 Å². The molecule has 0 aromatic rings. The topological polar surface area (TPSA) is 43.8 Å². The number of nitrogens with zero attached hydrogens (tertiary/aromatic N) is 2. The van der Waals surface area contributed by atoms with Gasteiger partial charge in [0.05, 0.1) is 13.2 Å². The molecule has 104 valence electrons. The average molecular weight is 254 g/mol. The van der Waals surface area contributed by atoms with Crippen molar-refractivity contribution in [3.63, 3.8) is 0 Å². The zero-order chi connectivity index (χ0) is 13.5. The Balaban J connectivity index is 2.52. The Hall–Kier alpha value is -0.870. The van der Waals surface area contributed by atoms with Crippen LogP contribution in [0.4, 0.5) is 0 Å². The van der Waals surface area contributed by atoms with Gasteiger partial charge in [-0.1, -0.05) is 18.6 Å². The van der Waals surface area contributed by atoms with Crippen LogP contribution in [0.3, 0.4) is 0 Å². The number of likely N-dealkylation sites (tertiary alicyclic amines) is 1. The van der Waals surface area contributed by atoms with Gasteiger partial charge in [-0.25, -0.2) is 0 Å². The number of rotatable bonds is 6. The van der Waals surface area contributed by atoms with Gasteiger partial charge in [-0.3, -0.25) is 9.69 Å². The van der Waals surface area contributed by atoms with E-state index in [1.54, 1.807) is 0 Å². The largest absolute Gasteiger partial charge is 0.395 e. The molecule has 1 amide bonds. The lowest BCUT2D eigenvalue weighted by Crippen LogP contribution is -2.48. The molecular formula is C14H26N2O2. The number of carbonyl (C=O) groups is 1. The fraction of sp³-hybridized carbons (Fsp3) is 0.786. The number of piperidine rings is 1. The minimum Gasteiger partial charge on any atom is -0.395 e. The van der Waals surface area contributed by atoms with Crippen LogP contribution in [-0.4, -0.2) is 59.6 Å². The molecule has 0 aliphatic carbocycles. The molecule has 4 nitrogen and oxygen atoms in total. The molecule has 1 N–H and O–H groups in total. The molecule has 1 unspecified atom stereocenters. The summed E-state index contributed by atoms with van der Waals surface area (Å²) in [6.07, 6.45) is 3.27. The van der Waals surface area contributed by atoms with Crippen molar-refractivity contribution in [1.29, 1.82) is 0 Å². The summed E-state index contributed by atoms with van der Waals surface area (Å²) in [5.41, 5.74) is 1.00. The van der Waals surface area contributed by atoms with Crippen molar-refractivity contribution in [2.24, 2.45) is 0 Å². The Kier molecular flexibility index (Phi) is 6.36. The summed E-state index contributed by atoms with van der Waals surface area (Å²) < 4.78 is 0. The average Bonchev–Trinajstić information content (AvgIpc) is 2.36. The Labute approximate surface area is 110 Å². The first-order valence-electron chi connectivity index (χ1n) is 6.85. The van der Waals surface area contributed by atoms with Crippen molar-refractivity contribution in [3.8, 4) is 0 Å². The lowest BCUT2D eigenvalue weighted by atomic mass is 10.0. The molecule has 1 aliphatic heterocycles. The number of hydrogen-bond acceptors (Lipinski definition) is 3. The van der Waals surface area contributed by atoms with E-state index >= 15 is 0 Å². The SMILES string of the molecule is C=C(C)CN(CC)C(=O)CN1CCCCC1CO. The van der Waals surface area contributed by atoms with E-state index < -0.39 is 0 Å². The van der Waals surface area contributed by atoms with Crippen LogP contribution >= 0.6 is 0 Å². The molecule has 0 bridgehead atoms. The van der Waals surface area contributed by atoms with E-state index in [9.17, 15) is 9.90 Å². The van der Waals surface area contributed by atoms with Crippen molar-refractivity contribution in [2.75, 3.05) is 32.8 Å². The zero-order valence-electron chi connectivity index (χ0n) is 11.7. The van der Waals surface area contributed by atoms with Gasteiger partial charge in [0.2, 0.25) is 5.91 Å². The first-order chi connectivity index (χ1) is 8.58. The zero-order valence-corrected chi connectivity index (χ0v) is 11.7. The van der Waals surface area contributed by atoms with Gasteiger partial charge in [-0.2, -0.15) is 0 Å². The molecule has 1 heterocycles. The summed E-state index contributed by atoms with van der Waals surface area (Å²) in [5.74, 6) is 0.140. The fourth-order valence-electron chi connectivity index (χ4n) is 2.45. The third kappa shape index (κ3) is 4.42. The van der Waals surface area contributed by atoms with E-state index in [0.717, 1.165) is 31.4 Å². The van der Waals surface area contributed by atoms with Crippen molar-refractivity contribution >= 4 is 5.91 Å². The lowest BCUT2D eigenvalue weighted by molar-refractivity contribution is -0.133. The quantitative estimate of drug-likeness (QED) is 0.726. The van der Waals surface area contributed by atoms with E-state index in [-0.39, 0.29) is 18.6 Å². The molecule has 4 heteroatoms. The van der Waals surface area contributed by atoms with Crippen LogP contribution < -0.4 is 0 Å². The van der Waals surface area contributed by atoms with Gasteiger partial charge in [0.1, 0.15) is 0 Å². The minimum absolute atomic E-state index is 0.140. The highest BCUT2D eigenvalue weighted by atomic mass is 16.3. The maximum absolute atomic E-state index is 12.2. The lowest BCUT2D eigenvalue weighted by Gasteiger charge is -2.35. The second-order valence-corrected chi connectivity index (χ2v) is 5.17. The van der Waals surface area contributed by atoms with Crippen molar-refractivity contribution in [3.05, 3.63) is 12.2 Å². The number of aliphatic hydroxyl groups excluding tert-OH is 1. The standard InChI is InChI=1S/C14H26N2O2/c1-4-15(9-12(2)3)14(18)10-16-8-6-5-7-13(16)11-17/h13,17H,2,4-11H2,1,3H3. The summed E-state index contributed by atoms with van der Waals surface area (Å²) >= 11 is 0. The van der Waals surface area contributed by atoms with E-state index in [1.807, 2.05) is 18.7 Å². The van der Waals surface area contributed by atoms with Gasteiger partial charge >= 0.3 is 0 Å². The molecule has 1 saturated heterocycles. The van der Waals surface area contributed by atoms with Crippen LogP contribution in [0.15, 0.2) is 12.2 Å². The van der Waals surface area contributed by atoms with Crippen molar-refractivity contribution < 1.29 is 9.90 Å². The van der Waals surface area contributed by atoms with E-state index in [4.69, 9.17) is 0 Å². The van der Waals surface area contributed by atoms with Crippen LogP contribution in [0, 0.1) is 0 Å². The maximum Gasteiger partial charge on any atom is 0.237 e. The summed E-state index contributed by atoms with van der Waals surface area (Å²) in [4.78, 5) is 16.1. The predicted octanol–water partition coefficient (Wildman–Crippen LogP) is 1.26. The molecule has 0 aromatic carbocycles. The second kappa shape index (κ2) is 7.54. The van der Waals surface area contributed by atoms with Gasteiger partial charge in [0.25, 0.3) is 0 Å². The first kappa shape index (κ1) is 15.2. The number of likely N-dealkylation sites (N-methyl/N-ethyl adjacent to an activating group) is 1. The predicted molar refractivity (Wildman–Crippen MR) is 73.4 cm³/mol. The number of amides is 1. The highest BCUT2D eigenvalue weighted by Gasteiger charge is 2.25. The summed E-state index contributed by atoms with van der Waals surface area (Å²) in [6, 6.07) is 0.159. The molecule has 0 saturated carbocycles. The van der Waals surface area contributed by atoms with Crippen molar-refractivity contribution in [2.45, 2.75) is 39.2 Å². The monoisotopic (exact) mass is 254 g/mol. The normalized spacial score (nSPS) is 20.7. The van der Waals surface area contributed by atoms with Crippen LogP contribution in [0.5, 0.6) is 0 Å². The maximum atomic E-state index is 12.2. The van der Waals surface area contributed by atoms with Crippen LogP contribution in [0.1, 0.15) is 33.1 Å². The molecular weight excluding hydrogens is 228 g/mol. The van der Waals surface area contributed by atoms with Gasteiger partial charge in [0, 0.05) is 19.1 Å². The van der Waals surface area contributed by atoms with Gasteiger partial charge in [-0.15, -0.1) is 0 Å². The molecule has 0 aromatic heterocycles. The fourth-order valence-corrected chi connectivity index (χ4v) is 2.45. The van der Waals surface area contributed by atoms with E-state index in [2.05, 4.69) is 11.5 Å². The Morgan fingerprint density at radius 3 is 2.78 bits per heavy atom. The van der Waals surface area contributed by atoms with Crippen LogP contribution in [0.2, 0.25) is 0 Å². The summed E-state index contributed by atoms with van der Waals surface area (Å²) in [5, 5.41) is 9.33. The molecule has 0 spiro atoms. The molecule has 18 heavy (non-hydrogen) atoms. The summed E-state index contributed by atoms with van der Waals surface area (Å²) in [7, 11) is 0. The van der Waals surface area contributed by atoms with Crippen molar-refractivity contribution in [1.82, 2.24) is 9.80 Å². The molecule has 1 fully saturated rings. The molecule has 1 rings (SSSR count). The van der Waals surface area contributed by atoms with E-state index in [0.29, 0.717) is 19.6 Å². The van der Waals surface area contributed by atoms with E-state index in [1.165, 1.54) is 0 Å². The van der Waals surface area contributed by atoms with Crippen LogP contribution in [0.25, 0.3) is 0 Å². The third-order valence-electron chi connectivity index (χ3n) is 3.49. The number of aliphatic hydroxyl groups is 1. The van der Waals surface area contributed by atoms with Gasteiger partial charge < -0.3 is 10.0 Å².